The van der Waals surface area contributed by atoms with Crippen LogP contribution in [0.4, 0.5) is 0 Å². The Hall–Kier alpha value is -3.31. The Morgan fingerprint density at radius 3 is 2.13 bits per heavy atom. The van der Waals surface area contributed by atoms with Gasteiger partial charge in [0.25, 0.3) is 0 Å². The number of fused-ring (bicyclic) bond motifs is 1. The van der Waals surface area contributed by atoms with Crippen LogP contribution in [0.5, 0.6) is 0 Å². The summed E-state index contributed by atoms with van der Waals surface area (Å²) in [6.45, 7) is 6.25. The highest BCUT2D eigenvalue weighted by Crippen LogP contribution is 2.51. The van der Waals surface area contributed by atoms with Crippen LogP contribution in [0.25, 0.3) is 0 Å². The predicted molar refractivity (Wildman–Crippen MR) is 146 cm³/mol. The quantitative estimate of drug-likeness (QED) is 0.182. The SMILES string of the molecule is CCC(C)C(=O)O[C@@H]1OC=C(CO[C@@H]2O[C@H](CO)[C@@H](O)[C@H](OC(C)=O)[C@H]2OC(C)=O)[C@H]2C[C@H](OC(C)=O)[C@](O)(COC(C)=O)[C@@H]12. The molecular formula is C29H42O16. The first kappa shape index (κ1) is 36.2. The van der Waals surface area contributed by atoms with Crippen molar-refractivity contribution >= 4 is 29.8 Å². The molecule has 0 spiro atoms. The van der Waals surface area contributed by atoms with Crippen LogP contribution in [0.15, 0.2) is 11.8 Å². The molecule has 3 rings (SSSR count). The third-order valence-corrected chi connectivity index (χ3v) is 8.04. The van der Waals surface area contributed by atoms with Gasteiger partial charge in [0.1, 0.15) is 30.5 Å². The first-order valence-corrected chi connectivity index (χ1v) is 14.6. The molecule has 3 N–H and O–H groups in total. The van der Waals surface area contributed by atoms with Crippen LogP contribution in [-0.4, -0.2) is 114 Å². The Balaban J connectivity index is 1.96. The second kappa shape index (κ2) is 15.3. The molecule has 1 saturated heterocycles. The standard InChI is InChI=1S/C29H42O16/c1-7-13(2)26(36)45-27-22-19(8-21(41-15(4)32)29(22,37)12-40-14(3)31)18(10-38-27)11-39-28-25(43-17(6)34)24(42-16(5)33)23(35)20(9-30)44-28/h10,13,19-25,27-28,30,35,37H,7-9,11-12H2,1-6H3/t13?,19-,20-,21+,22-,23-,24+,25-,27+,28-,29-/m1/s1. The average molecular weight is 647 g/mol. The van der Waals surface area contributed by atoms with Gasteiger partial charge in [-0.1, -0.05) is 13.8 Å². The third-order valence-electron chi connectivity index (χ3n) is 8.04. The Kier molecular flexibility index (Phi) is 12.3. The first-order chi connectivity index (χ1) is 21.1. The van der Waals surface area contributed by atoms with Crippen LogP contribution in [0, 0.1) is 17.8 Å². The highest BCUT2D eigenvalue weighted by atomic mass is 16.7. The largest absolute Gasteiger partial charge is 0.463 e. The molecule has 45 heavy (non-hydrogen) atoms. The van der Waals surface area contributed by atoms with Gasteiger partial charge >= 0.3 is 29.8 Å². The number of hydrogen-bond donors (Lipinski definition) is 3. The van der Waals surface area contributed by atoms with E-state index in [-0.39, 0.29) is 13.0 Å². The van der Waals surface area contributed by atoms with E-state index in [1.54, 1.807) is 13.8 Å². The smallest absolute Gasteiger partial charge is 0.311 e. The maximum atomic E-state index is 12.8. The molecule has 3 aliphatic rings. The summed E-state index contributed by atoms with van der Waals surface area (Å²) < 4.78 is 44.1. The molecule has 1 aliphatic carbocycles. The van der Waals surface area contributed by atoms with Crippen molar-refractivity contribution in [3.63, 3.8) is 0 Å². The fourth-order valence-corrected chi connectivity index (χ4v) is 5.67. The summed E-state index contributed by atoms with van der Waals surface area (Å²) in [5.74, 6) is -6.00. The number of aliphatic hydroxyl groups excluding tert-OH is 2. The number of rotatable bonds is 12. The lowest BCUT2D eigenvalue weighted by atomic mass is 9.80. The Morgan fingerprint density at radius 1 is 0.956 bits per heavy atom. The van der Waals surface area contributed by atoms with Crippen molar-refractivity contribution in [2.45, 2.75) is 103 Å². The zero-order valence-electron chi connectivity index (χ0n) is 26.0. The topological polar surface area (TPSA) is 220 Å². The molecule has 1 saturated carbocycles. The molecule has 254 valence electrons. The molecule has 0 amide bonds. The third kappa shape index (κ3) is 8.49. The maximum absolute atomic E-state index is 12.8. The van der Waals surface area contributed by atoms with Crippen LogP contribution in [0.1, 0.15) is 54.4 Å². The minimum atomic E-state index is -2.06. The van der Waals surface area contributed by atoms with E-state index in [0.29, 0.717) is 12.0 Å². The summed E-state index contributed by atoms with van der Waals surface area (Å²) in [6.07, 6.45) is -8.12. The number of carbonyl (C=O) groups is 5. The van der Waals surface area contributed by atoms with Gasteiger partial charge < -0.3 is 53.2 Å². The van der Waals surface area contributed by atoms with Crippen LogP contribution in [0.2, 0.25) is 0 Å². The van der Waals surface area contributed by atoms with Crippen molar-refractivity contribution in [2.75, 3.05) is 19.8 Å². The molecule has 0 aromatic carbocycles. The number of ether oxygens (including phenoxy) is 8. The van der Waals surface area contributed by atoms with Crippen molar-refractivity contribution in [1.82, 2.24) is 0 Å². The summed E-state index contributed by atoms with van der Waals surface area (Å²) in [6, 6.07) is 0. The van der Waals surface area contributed by atoms with E-state index >= 15 is 0 Å². The van der Waals surface area contributed by atoms with E-state index in [0.717, 1.165) is 27.7 Å². The number of esters is 5. The molecule has 1 unspecified atom stereocenters. The molecule has 2 fully saturated rings. The summed E-state index contributed by atoms with van der Waals surface area (Å²) in [4.78, 5) is 60.2. The summed E-state index contributed by atoms with van der Waals surface area (Å²) in [7, 11) is 0. The van der Waals surface area contributed by atoms with Gasteiger partial charge in [0, 0.05) is 33.6 Å². The number of aliphatic hydroxyl groups is 3. The lowest BCUT2D eigenvalue weighted by Crippen LogP contribution is -2.61. The van der Waals surface area contributed by atoms with E-state index in [9.17, 15) is 39.3 Å². The average Bonchev–Trinajstić information content (AvgIpc) is 3.25. The monoisotopic (exact) mass is 646 g/mol. The molecule has 16 nitrogen and oxygen atoms in total. The molecule has 16 heteroatoms. The Labute approximate surface area is 259 Å². The molecule has 0 aromatic rings. The Bertz CT molecular complexity index is 1140. The van der Waals surface area contributed by atoms with Gasteiger partial charge in [0.15, 0.2) is 18.5 Å². The van der Waals surface area contributed by atoms with Crippen LogP contribution in [-0.2, 0) is 61.9 Å². The van der Waals surface area contributed by atoms with Gasteiger partial charge in [0.2, 0.25) is 6.29 Å². The second-order valence-corrected chi connectivity index (χ2v) is 11.4. The van der Waals surface area contributed by atoms with E-state index in [1.807, 2.05) is 0 Å². The van der Waals surface area contributed by atoms with Crippen LogP contribution >= 0.6 is 0 Å². The molecule has 2 heterocycles. The van der Waals surface area contributed by atoms with Gasteiger partial charge in [-0.25, -0.2) is 0 Å². The van der Waals surface area contributed by atoms with Crippen molar-refractivity contribution < 1.29 is 77.2 Å². The van der Waals surface area contributed by atoms with Crippen molar-refractivity contribution in [1.29, 1.82) is 0 Å². The first-order valence-electron chi connectivity index (χ1n) is 14.6. The predicted octanol–water partition coefficient (Wildman–Crippen LogP) is -0.364. The highest BCUT2D eigenvalue weighted by Gasteiger charge is 2.63. The second-order valence-electron chi connectivity index (χ2n) is 11.4. The highest BCUT2D eigenvalue weighted by molar-refractivity contribution is 5.72. The summed E-state index contributed by atoms with van der Waals surface area (Å²) in [5, 5.41) is 32.4. The van der Waals surface area contributed by atoms with Gasteiger partial charge in [-0.3, -0.25) is 24.0 Å². The van der Waals surface area contributed by atoms with Gasteiger partial charge in [-0.15, -0.1) is 0 Å². The number of carbonyl (C=O) groups excluding carboxylic acids is 5. The maximum Gasteiger partial charge on any atom is 0.311 e. The van der Waals surface area contributed by atoms with Crippen molar-refractivity contribution in [3.05, 3.63) is 11.8 Å². The molecule has 0 aromatic heterocycles. The van der Waals surface area contributed by atoms with Gasteiger partial charge in [-0.2, -0.15) is 0 Å². The van der Waals surface area contributed by atoms with Crippen molar-refractivity contribution in [2.24, 2.45) is 17.8 Å². The molecular weight excluding hydrogens is 604 g/mol. The lowest BCUT2D eigenvalue weighted by Gasteiger charge is -2.43. The fraction of sp³-hybridized carbons (Fsp3) is 0.759. The fourth-order valence-electron chi connectivity index (χ4n) is 5.67. The van der Waals surface area contributed by atoms with Gasteiger partial charge in [0.05, 0.1) is 31.3 Å². The molecule has 2 aliphatic heterocycles. The van der Waals surface area contributed by atoms with Crippen LogP contribution in [0.3, 0.4) is 0 Å². The minimum absolute atomic E-state index is 0.0229. The summed E-state index contributed by atoms with van der Waals surface area (Å²) >= 11 is 0. The van der Waals surface area contributed by atoms with Crippen LogP contribution < -0.4 is 0 Å². The normalized spacial score (nSPS) is 34.7. The van der Waals surface area contributed by atoms with Crippen molar-refractivity contribution in [3.8, 4) is 0 Å². The minimum Gasteiger partial charge on any atom is -0.463 e. The summed E-state index contributed by atoms with van der Waals surface area (Å²) in [5.41, 5.74) is -1.71. The van der Waals surface area contributed by atoms with Gasteiger partial charge in [-0.05, 0) is 18.4 Å². The molecule has 0 bridgehead atoms. The Morgan fingerprint density at radius 2 is 1.58 bits per heavy atom. The van der Waals surface area contributed by atoms with E-state index in [2.05, 4.69) is 0 Å². The van der Waals surface area contributed by atoms with E-state index in [4.69, 9.17) is 37.9 Å². The lowest BCUT2D eigenvalue weighted by molar-refractivity contribution is -0.304. The molecule has 11 atom stereocenters. The number of hydrogen-bond acceptors (Lipinski definition) is 16. The van der Waals surface area contributed by atoms with E-state index < -0.39 is 110 Å². The van der Waals surface area contributed by atoms with E-state index in [1.165, 1.54) is 6.26 Å². The molecule has 0 radical (unpaired) electrons. The zero-order chi connectivity index (χ0) is 33.6. The zero-order valence-corrected chi connectivity index (χ0v) is 26.0.